The van der Waals surface area contributed by atoms with Crippen LogP contribution in [0, 0.1) is 0 Å². The first-order valence-electron chi connectivity index (χ1n) is 8.26. The van der Waals surface area contributed by atoms with Gasteiger partial charge in [0.1, 0.15) is 5.75 Å². The Morgan fingerprint density at radius 1 is 0.897 bits per heavy atom. The maximum Gasteiger partial charge on any atom is 0.175 e. The van der Waals surface area contributed by atoms with Gasteiger partial charge in [-0.15, -0.1) is 0 Å². The molecule has 29 heavy (non-hydrogen) atoms. The van der Waals surface area contributed by atoms with E-state index in [1.54, 1.807) is 25.3 Å². The molecule has 4 N–H and O–H groups in total. The van der Waals surface area contributed by atoms with Gasteiger partial charge in [0.05, 0.1) is 17.8 Å². The highest BCUT2D eigenvalue weighted by atomic mass is 35.5. The van der Waals surface area contributed by atoms with Crippen LogP contribution in [-0.2, 0) is 0 Å². The highest BCUT2D eigenvalue weighted by molar-refractivity contribution is 7.80. The summed E-state index contributed by atoms with van der Waals surface area (Å²) in [6.07, 6.45) is 0. The SMILES string of the molecule is COc1ccc(NC(=S)Nc2cc(Oc3ccc(Cl)cc3O)c(O)cc2Cl)cc1. The molecular weight excluding hydrogens is 435 g/mol. The molecule has 0 unspecified atom stereocenters. The minimum Gasteiger partial charge on any atom is -0.504 e. The van der Waals surface area contributed by atoms with Crippen molar-refractivity contribution in [3.05, 3.63) is 64.6 Å². The summed E-state index contributed by atoms with van der Waals surface area (Å²) < 4.78 is 10.7. The molecule has 3 rings (SSSR count). The Balaban J connectivity index is 1.76. The van der Waals surface area contributed by atoms with Crippen LogP contribution in [0.3, 0.4) is 0 Å². The van der Waals surface area contributed by atoms with E-state index < -0.39 is 0 Å². The number of phenolic OH excluding ortho intramolecular Hbond substituents is 2. The van der Waals surface area contributed by atoms with Crippen LogP contribution in [0.4, 0.5) is 11.4 Å². The number of halogens is 2. The quantitative estimate of drug-likeness (QED) is 0.279. The minimum absolute atomic E-state index is 0.0711. The number of ether oxygens (including phenoxy) is 2. The van der Waals surface area contributed by atoms with Gasteiger partial charge in [-0.25, -0.2) is 0 Å². The molecule has 3 aromatic rings. The number of aromatic hydroxyl groups is 2. The van der Waals surface area contributed by atoms with Crippen molar-refractivity contribution in [3.8, 4) is 28.7 Å². The van der Waals surface area contributed by atoms with Crippen LogP contribution in [0.15, 0.2) is 54.6 Å². The number of benzene rings is 3. The Labute approximate surface area is 182 Å². The Bertz CT molecular complexity index is 1050. The lowest BCUT2D eigenvalue weighted by Crippen LogP contribution is -2.19. The van der Waals surface area contributed by atoms with E-state index in [1.807, 2.05) is 12.1 Å². The summed E-state index contributed by atoms with van der Waals surface area (Å²) in [5.74, 6) is 0.545. The minimum atomic E-state index is -0.205. The topological polar surface area (TPSA) is 83.0 Å². The van der Waals surface area contributed by atoms with E-state index in [9.17, 15) is 10.2 Å². The van der Waals surface area contributed by atoms with E-state index in [0.29, 0.717) is 10.7 Å². The van der Waals surface area contributed by atoms with E-state index in [0.717, 1.165) is 11.4 Å². The molecule has 0 aliphatic heterocycles. The third-order valence-corrected chi connectivity index (χ3v) is 4.54. The molecule has 0 aliphatic rings. The number of methoxy groups -OCH3 is 1. The third kappa shape index (κ3) is 5.35. The molecule has 0 atom stereocenters. The predicted molar refractivity (Wildman–Crippen MR) is 119 cm³/mol. The molecule has 0 aliphatic carbocycles. The molecule has 0 amide bonds. The molecule has 9 heteroatoms. The molecular formula is C20H16Cl2N2O4S. The zero-order valence-electron chi connectivity index (χ0n) is 15.1. The maximum atomic E-state index is 10.1. The number of nitrogens with one attached hydrogen (secondary N) is 2. The van der Waals surface area contributed by atoms with Gasteiger partial charge in [-0.3, -0.25) is 0 Å². The lowest BCUT2D eigenvalue weighted by atomic mass is 10.2. The maximum absolute atomic E-state index is 10.1. The number of hydrogen-bond acceptors (Lipinski definition) is 5. The molecule has 0 saturated carbocycles. The molecule has 6 nitrogen and oxygen atoms in total. The molecule has 0 spiro atoms. The van der Waals surface area contributed by atoms with Crippen molar-refractivity contribution in [2.75, 3.05) is 17.7 Å². The lowest BCUT2D eigenvalue weighted by molar-refractivity contribution is 0.385. The van der Waals surface area contributed by atoms with Gasteiger partial charge in [-0.1, -0.05) is 23.2 Å². The first kappa shape index (κ1) is 20.9. The van der Waals surface area contributed by atoms with Gasteiger partial charge in [0.15, 0.2) is 28.1 Å². The highest BCUT2D eigenvalue weighted by Gasteiger charge is 2.13. The summed E-state index contributed by atoms with van der Waals surface area (Å²) >= 11 is 17.3. The van der Waals surface area contributed by atoms with Crippen molar-refractivity contribution < 1.29 is 19.7 Å². The first-order valence-corrected chi connectivity index (χ1v) is 9.43. The summed E-state index contributed by atoms with van der Waals surface area (Å²) in [4.78, 5) is 0. The summed E-state index contributed by atoms with van der Waals surface area (Å²) in [5, 5.41) is 26.9. The fraction of sp³-hybridized carbons (Fsp3) is 0.0500. The zero-order chi connectivity index (χ0) is 21.0. The standard InChI is InChI=1S/C20H16Cl2N2O4S/c1-27-13-5-3-12(4-6-13)23-20(29)24-15-10-19(17(26)9-14(15)22)28-18-7-2-11(21)8-16(18)25/h2-10,25-26H,1H3,(H2,23,24,29). The van der Waals surface area contributed by atoms with Gasteiger partial charge in [0, 0.05) is 28.9 Å². The zero-order valence-corrected chi connectivity index (χ0v) is 17.4. The second-order valence-corrected chi connectivity index (χ2v) is 7.07. The first-order chi connectivity index (χ1) is 13.9. The number of phenols is 2. The number of hydrogen-bond donors (Lipinski definition) is 4. The van der Waals surface area contributed by atoms with Gasteiger partial charge in [0.25, 0.3) is 0 Å². The lowest BCUT2D eigenvalue weighted by Gasteiger charge is -2.15. The van der Waals surface area contributed by atoms with E-state index in [2.05, 4.69) is 10.6 Å². The van der Waals surface area contributed by atoms with Crippen LogP contribution in [0.25, 0.3) is 0 Å². The average molecular weight is 451 g/mol. The van der Waals surface area contributed by atoms with Crippen LogP contribution in [-0.4, -0.2) is 22.4 Å². The molecule has 0 aromatic heterocycles. The second-order valence-electron chi connectivity index (χ2n) is 5.82. The molecule has 0 heterocycles. The number of thiocarbonyl (C=S) groups is 1. The average Bonchev–Trinajstić information content (AvgIpc) is 2.68. The molecule has 0 saturated heterocycles. The van der Waals surface area contributed by atoms with Gasteiger partial charge >= 0.3 is 0 Å². The highest BCUT2D eigenvalue weighted by Crippen LogP contribution is 2.40. The number of anilines is 2. The Hall–Kier alpha value is -2.87. The molecule has 0 fully saturated rings. The van der Waals surface area contributed by atoms with Gasteiger partial charge < -0.3 is 30.3 Å². The summed E-state index contributed by atoms with van der Waals surface area (Å²) in [6.45, 7) is 0. The van der Waals surface area contributed by atoms with Gasteiger partial charge in [0.2, 0.25) is 0 Å². The van der Waals surface area contributed by atoms with E-state index in [1.165, 1.54) is 24.3 Å². The summed E-state index contributed by atoms with van der Waals surface area (Å²) in [6, 6.07) is 14.3. The van der Waals surface area contributed by atoms with Crippen LogP contribution in [0.5, 0.6) is 28.7 Å². The fourth-order valence-electron chi connectivity index (χ4n) is 2.37. The van der Waals surface area contributed by atoms with Crippen LogP contribution in [0.2, 0.25) is 10.0 Å². The smallest absolute Gasteiger partial charge is 0.175 e. The van der Waals surface area contributed by atoms with Gasteiger partial charge in [-0.05, 0) is 48.6 Å². The fourth-order valence-corrected chi connectivity index (χ4v) is 2.97. The third-order valence-electron chi connectivity index (χ3n) is 3.79. The van der Waals surface area contributed by atoms with Crippen molar-refractivity contribution in [3.63, 3.8) is 0 Å². The Kier molecular flexibility index (Phi) is 6.53. The van der Waals surface area contributed by atoms with Crippen molar-refractivity contribution in [1.29, 1.82) is 0 Å². The summed E-state index contributed by atoms with van der Waals surface area (Å²) in [7, 11) is 1.59. The predicted octanol–water partition coefficient (Wildman–Crippen LogP) is 6.01. The molecule has 0 radical (unpaired) electrons. The monoisotopic (exact) mass is 450 g/mol. The second kappa shape index (κ2) is 9.09. The van der Waals surface area contributed by atoms with Crippen molar-refractivity contribution >= 4 is 51.9 Å². The van der Waals surface area contributed by atoms with Crippen LogP contribution >= 0.6 is 35.4 Å². The van der Waals surface area contributed by atoms with E-state index in [-0.39, 0.29) is 33.1 Å². The molecule has 0 bridgehead atoms. The molecule has 3 aromatic carbocycles. The normalized spacial score (nSPS) is 10.3. The van der Waals surface area contributed by atoms with E-state index in [4.69, 9.17) is 44.9 Å². The van der Waals surface area contributed by atoms with E-state index >= 15 is 0 Å². The number of rotatable bonds is 5. The van der Waals surface area contributed by atoms with Crippen molar-refractivity contribution in [2.45, 2.75) is 0 Å². The summed E-state index contributed by atoms with van der Waals surface area (Å²) in [5.41, 5.74) is 1.15. The molecule has 150 valence electrons. The van der Waals surface area contributed by atoms with Crippen LogP contribution in [0.1, 0.15) is 0 Å². The largest absolute Gasteiger partial charge is 0.504 e. The van der Waals surface area contributed by atoms with Gasteiger partial charge in [-0.2, -0.15) is 0 Å². The Morgan fingerprint density at radius 3 is 2.24 bits per heavy atom. The van der Waals surface area contributed by atoms with Crippen molar-refractivity contribution in [2.24, 2.45) is 0 Å². The van der Waals surface area contributed by atoms with Crippen molar-refractivity contribution in [1.82, 2.24) is 0 Å². The Morgan fingerprint density at radius 2 is 1.59 bits per heavy atom. The van der Waals surface area contributed by atoms with Crippen LogP contribution < -0.4 is 20.1 Å².